The van der Waals surface area contributed by atoms with Crippen LogP contribution < -0.4 is 4.89 Å². The fourth-order valence-electron chi connectivity index (χ4n) is 5.94. The molecular formula is C44H84NO8P. The van der Waals surface area contributed by atoms with Crippen LogP contribution in [0, 0.1) is 0 Å². The van der Waals surface area contributed by atoms with E-state index in [-0.39, 0.29) is 26.1 Å². The fourth-order valence-corrected chi connectivity index (χ4v) is 6.67. The van der Waals surface area contributed by atoms with Crippen molar-refractivity contribution in [1.29, 1.82) is 0 Å². The molecule has 0 aliphatic rings. The lowest BCUT2D eigenvalue weighted by Crippen LogP contribution is -2.37. The summed E-state index contributed by atoms with van der Waals surface area (Å²) in [5.41, 5.74) is 0. The maximum atomic E-state index is 12.6. The Labute approximate surface area is 332 Å². The van der Waals surface area contributed by atoms with Crippen molar-refractivity contribution < 1.29 is 42.1 Å². The van der Waals surface area contributed by atoms with Crippen LogP contribution in [-0.2, 0) is 32.7 Å². The minimum absolute atomic E-state index is 0.0352. The van der Waals surface area contributed by atoms with Gasteiger partial charge in [0.1, 0.15) is 19.8 Å². The van der Waals surface area contributed by atoms with E-state index in [9.17, 15) is 19.0 Å². The number of nitrogens with zero attached hydrogens (tertiary/aromatic N) is 1. The van der Waals surface area contributed by atoms with Gasteiger partial charge in [-0.1, -0.05) is 141 Å². The summed E-state index contributed by atoms with van der Waals surface area (Å²) in [4.78, 5) is 37.5. The lowest BCUT2D eigenvalue weighted by atomic mass is 10.1. The topological polar surface area (TPSA) is 111 Å². The summed E-state index contributed by atoms with van der Waals surface area (Å²) in [7, 11) is 1.15. The van der Waals surface area contributed by atoms with Gasteiger partial charge in [0.05, 0.1) is 27.7 Å². The molecule has 0 saturated carbocycles. The van der Waals surface area contributed by atoms with E-state index in [1.54, 1.807) is 0 Å². The second kappa shape index (κ2) is 37.1. The highest BCUT2D eigenvalue weighted by molar-refractivity contribution is 7.45. The number of likely N-dealkylation sites (N-methyl/N-ethyl adjacent to an activating group) is 1. The Kier molecular flexibility index (Phi) is 36.1. The van der Waals surface area contributed by atoms with Crippen LogP contribution in [0.25, 0.3) is 0 Å². The highest BCUT2D eigenvalue weighted by atomic mass is 31.2. The van der Waals surface area contributed by atoms with E-state index in [0.717, 1.165) is 44.9 Å². The molecule has 0 bridgehead atoms. The zero-order valence-electron chi connectivity index (χ0n) is 35.7. The average Bonchev–Trinajstić information content (AvgIpc) is 3.12. The van der Waals surface area contributed by atoms with Crippen LogP contribution in [0.3, 0.4) is 0 Å². The number of allylic oxidation sites excluding steroid dienone is 4. The number of hydrogen-bond donors (Lipinski definition) is 0. The van der Waals surface area contributed by atoms with Crippen molar-refractivity contribution in [2.45, 2.75) is 200 Å². The number of quaternary nitrogens is 1. The molecule has 0 amide bonds. The van der Waals surface area contributed by atoms with E-state index >= 15 is 0 Å². The van der Waals surface area contributed by atoms with Gasteiger partial charge in [-0.05, 0) is 64.2 Å². The molecule has 0 rings (SSSR count). The van der Waals surface area contributed by atoms with Gasteiger partial charge in [0, 0.05) is 12.8 Å². The van der Waals surface area contributed by atoms with Gasteiger partial charge < -0.3 is 27.9 Å². The quantitative estimate of drug-likeness (QED) is 0.0198. The van der Waals surface area contributed by atoms with E-state index in [2.05, 4.69) is 38.2 Å². The van der Waals surface area contributed by atoms with Crippen LogP contribution in [0.1, 0.15) is 194 Å². The predicted molar refractivity (Wildman–Crippen MR) is 222 cm³/mol. The Morgan fingerprint density at radius 2 is 0.944 bits per heavy atom. The van der Waals surface area contributed by atoms with Gasteiger partial charge >= 0.3 is 11.9 Å². The van der Waals surface area contributed by atoms with Gasteiger partial charge in [0.25, 0.3) is 7.82 Å². The lowest BCUT2D eigenvalue weighted by molar-refractivity contribution is -0.870. The van der Waals surface area contributed by atoms with Crippen molar-refractivity contribution in [2.24, 2.45) is 0 Å². The Balaban J connectivity index is 4.40. The van der Waals surface area contributed by atoms with E-state index in [1.165, 1.54) is 109 Å². The van der Waals surface area contributed by atoms with Crippen LogP contribution in [0.2, 0.25) is 0 Å². The number of ether oxygens (including phenoxy) is 2. The molecule has 0 aromatic rings. The van der Waals surface area contributed by atoms with Crippen molar-refractivity contribution in [3.8, 4) is 0 Å². The van der Waals surface area contributed by atoms with Gasteiger partial charge in [0.2, 0.25) is 0 Å². The normalized spacial score (nSPS) is 13.8. The summed E-state index contributed by atoms with van der Waals surface area (Å²) in [5.74, 6) is -0.875. The number of phosphoric ester groups is 1. The van der Waals surface area contributed by atoms with Crippen molar-refractivity contribution in [1.82, 2.24) is 0 Å². The monoisotopic (exact) mass is 786 g/mol. The maximum Gasteiger partial charge on any atom is 0.306 e. The fraction of sp³-hybridized carbons (Fsp3) is 0.864. The summed E-state index contributed by atoms with van der Waals surface area (Å²) < 4.78 is 33.8. The van der Waals surface area contributed by atoms with Crippen molar-refractivity contribution >= 4 is 19.8 Å². The van der Waals surface area contributed by atoms with Gasteiger partial charge in [0.15, 0.2) is 6.10 Å². The first-order chi connectivity index (χ1) is 26.0. The Morgan fingerprint density at radius 1 is 0.556 bits per heavy atom. The first kappa shape index (κ1) is 52.5. The number of carbonyl (C=O) groups excluding carboxylic acids is 2. The van der Waals surface area contributed by atoms with Gasteiger partial charge in [-0.2, -0.15) is 0 Å². The lowest BCUT2D eigenvalue weighted by Gasteiger charge is -2.28. The molecule has 54 heavy (non-hydrogen) atoms. The molecule has 0 saturated heterocycles. The van der Waals surface area contributed by atoms with E-state index in [4.69, 9.17) is 18.5 Å². The maximum absolute atomic E-state index is 12.6. The first-order valence-electron chi connectivity index (χ1n) is 22.0. The zero-order valence-corrected chi connectivity index (χ0v) is 36.6. The predicted octanol–water partition coefficient (Wildman–Crippen LogP) is 11.7. The van der Waals surface area contributed by atoms with E-state index < -0.39 is 32.5 Å². The molecule has 0 heterocycles. The average molecular weight is 786 g/mol. The minimum atomic E-state index is -4.63. The summed E-state index contributed by atoms with van der Waals surface area (Å²) >= 11 is 0. The number of carbonyl (C=O) groups is 2. The molecule has 0 spiro atoms. The second-order valence-electron chi connectivity index (χ2n) is 16.1. The number of phosphoric acid groups is 1. The van der Waals surface area contributed by atoms with Crippen LogP contribution in [0.15, 0.2) is 24.3 Å². The number of unbranched alkanes of at least 4 members (excludes halogenated alkanes) is 22. The Morgan fingerprint density at radius 3 is 1.41 bits per heavy atom. The molecular weight excluding hydrogens is 701 g/mol. The third-order valence-electron chi connectivity index (χ3n) is 9.44. The molecule has 1 unspecified atom stereocenters. The molecule has 2 atom stereocenters. The summed E-state index contributed by atoms with van der Waals surface area (Å²) in [6.45, 7) is 4.19. The van der Waals surface area contributed by atoms with Gasteiger partial charge in [-0.15, -0.1) is 0 Å². The van der Waals surface area contributed by atoms with E-state index in [0.29, 0.717) is 23.9 Å². The number of rotatable bonds is 40. The molecule has 0 aliphatic carbocycles. The highest BCUT2D eigenvalue weighted by Crippen LogP contribution is 2.38. The highest BCUT2D eigenvalue weighted by Gasteiger charge is 2.21. The smallest absolute Gasteiger partial charge is 0.306 e. The van der Waals surface area contributed by atoms with Crippen molar-refractivity contribution in [2.75, 3.05) is 47.5 Å². The summed E-state index contributed by atoms with van der Waals surface area (Å²) in [6, 6.07) is 0. The third-order valence-corrected chi connectivity index (χ3v) is 10.4. The number of esters is 2. The molecule has 9 nitrogen and oxygen atoms in total. The molecule has 0 radical (unpaired) electrons. The minimum Gasteiger partial charge on any atom is -0.756 e. The molecule has 10 heteroatoms. The van der Waals surface area contributed by atoms with Crippen molar-refractivity contribution in [3.63, 3.8) is 0 Å². The van der Waals surface area contributed by atoms with Gasteiger partial charge in [-0.25, -0.2) is 0 Å². The summed E-state index contributed by atoms with van der Waals surface area (Å²) in [5, 5.41) is 0. The first-order valence-corrected chi connectivity index (χ1v) is 23.5. The second-order valence-corrected chi connectivity index (χ2v) is 17.5. The SMILES string of the molecule is CCCCCCCCCC/C=C/CCCCCC(=O)O[C@H](COC(=O)CCCC/C=C/CCCCCCCCCCC)COP(=O)([O-])OCC[N+](C)(C)C. The largest absolute Gasteiger partial charge is 0.756 e. The van der Waals surface area contributed by atoms with Crippen LogP contribution in [-0.4, -0.2) is 70.0 Å². The Hall–Kier alpha value is -1.51. The van der Waals surface area contributed by atoms with Crippen molar-refractivity contribution in [3.05, 3.63) is 24.3 Å². The van der Waals surface area contributed by atoms with Crippen LogP contribution in [0.5, 0.6) is 0 Å². The molecule has 318 valence electrons. The molecule has 0 aliphatic heterocycles. The van der Waals surface area contributed by atoms with Gasteiger partial charge in [-0.3, -0.25) is 14.2 Å². The Bertz CT molecular complexity index is 980. The molecule has 0 N–H and O–H groups in total. The summed E-state index contributed by atoms with van der Waals surface area (Å²) in [6.07, 6.45) is 39.2. The standard InChI is InChI=1S/C44H84NO8P/c1-6-8-10-12-14-16-18-20-22-24-26-28-30-32-34-36-43(46)50-40-42(41-52-54(48,49)51-39-38-45(3,4)5)53-44(47)37-35-33-31-29-27-25-23-21-19-17-15-13-11-9-7-2/h25-28,42H,6-24,29-41H2,1-5H3/b27-25+,28-26+/t42-/m1/s1. The third kappa shape index (κ3) is 40.2. The van der Waals surface area contributed by atoms with Crippen LogP contribution in [0.4, 0.5) is 0 Å². The number of hydrogen-bond acceptors (Lipinski definition) is 8. The zero-order chi connectivity index (χ0) is 40.0. The van der Waals surface area contributed by atoms with E-state index in [1.807, 2.05) is 21.1 Å². The van der Waals surface area contributed by atoms with Crippen LogP contribution >= 0.6 is 7.82 Å². The molecule has 0 aromatic heterocycles. The molecule has 0 aromatic carbocycles. The molecule has 0 fully saturated rings.